The monoisotopic (exact) mass is 497 g/mol. The number of hydrogen-bond donors (Lipinski definition) is 1. The molecule has 0 unspecified atom stereocenters. The molecule has 36 heavy (non-hydrogen) atoms. The number of nitrogens with one attached hydrogen (secondary N) is 1. The number of thioether (sulfide) groups is 1. The summed E-state index contributed by atoms with van der Waals surface area (Å²) in [5.74, 6) is 2.82. The Bertz CT molecular complexity index is 1430. The van der Waals surface area contributed by atoms with Gasteiger partial charge in [0.05, 0.1) is 18.4 Å². The number of nitrogens with zero attached hydrogens (tertiary/aromatic N) is 2. The van der Waals surface area contributed by atoms with Gasteiger partial charge in [-0.05, 0) is 79.4 Å². The zero-order valence-electron chi connectivity index (χ0n) is 20.7. The van der Waals surface area contributed by atoms with Gasteiger partial charge in [0, 0.05) is 17.7 Å². The number of aromatic nitrogens is 2. The number of aryl methyl sites for hydroxylation is 3. The van der Waals surface area contributed by atoms with E-state index in [0.717, 1.165) is 55.6 Å². The molecule has 7 heteroatoms. The Hall–Kier alpha value is -3.84. The maximum atomic E-state index is 12.8. The number of carbonyl (C=O) groups is 1. The highest BCUT2D eigenvalue weighted by molar-refractivity contribution is 8.00. The number of rotatable bonds is 6. The fourth-order valence-electron chi connectivity index (χ4n) is 4.33. The highest BCUT2D eigenvalue weighted by atomic mass is 32.2. The molecule has 2 heterocycles. The summed E-state index contributed by atoms with van der Waals surface area (Å²) in [6, 6.07) is 19.7. The molecule has 0 radical (unpaired) electrons. The minimum Gasteiger partial charge on any atom is -0.497 e. The minimum atomic E-state index is -0.0867. The highest BCUT2D eigenvalue weighted by Gasteiger charge is 2.25. The van der Waals surface area contributed by atoms with Gasteiger partial charge in [-0.25, -0.2) is 4.98 Å². The van der Waals surface area contributed by atoms with Gasteiger partial charge in [0.15, 0.2) is 5.82 Å². The molecule has 0 saturated carbocycles. The van der Waals surface area contributed by atoms with E-state index in [1.807, 2.05) is 69.3 Å². The van der Waals surface area contributed by atoms with Gasteiger partial charge >= 0.3 is 0 Å². The summed E-state index contributed by atoms with van der Waals surface area (Å²) in [7, 11) is 1.63. The molecule has 1 N–H and O–H groups in total. The maximum Gasteiger partial charge on any atom is 0.234 e. The molecule has 1 aliphatic heterocycles. The fourth-order valence-corrected chi connectivity index (χ4v) is 5.16. The first-order valence-corrected chi connectivity index (χ1v) is 12.7. The van der Waals surface area contributed by atoms with Gasteiger partial charge in [-0.3, -0.25) is 4.79 Å². The molecule has 0 atom stereocenters. The average molecular weight is 498 g/mol. The van der Waals surface area contributed by atoms with Crippen molar-refractivity contribution in [2.24, 2.45) is 0 Å². The van der Waals surface area contributed by atoms with Crippen molar-refractivity contribution >= 4 is 23.4 Å². The summed E-state index contributed by atoms with van der Waals surface area (Å²) >= 11 is 1.40. The molecule has 1 aromatic heterocycles. The van der Waals surface area contributed by atoms with Crippen molar-refractivity contribution < 1.29 is 14.3 Å². The second-order valence-electron chi connectivity index (χ2n) is 8.92. The van der Waals surface area contributed by atoms with Crippen molar-refractivity contribution in [3.8, 4) is 28.8 Å². The van der Waals surface area contributed by atoms with Crippen LogP contribution in [-0.4, -0.2) is 28.7 Å². The predicted molar refractivity (Wildman–Crippen MR) is 143 cm³/mol. The van der Waals surface area contributed by atoms with Crippen molar-refractivity contribution in [1.29, 1.82) is 0 Å². The first-order chi connectivity index (χ1) is 17.4. The second kappa shape index (κ2) is 10.0. The van der Waals surface area contributed by atoms with Crippen LogP contribution >= 0.6 is 11.8 Å². The van der Waals surface area contributed by atoms with Crippen LogP contribution in [0.3, 0.4) is 0 Å². The summed E-state index contributed by atoms with van der Waals surface area (Å²) in [4.78, 5) is 22.5. The Kier molecular flexibility index (Phi) is 6.65. The van der Waals surface area contributed by atoms with E-state index in [9.17, 15) is 4.79 Å². The number of hydrogen-bond acceptors (Lipinski definition) is 6. The molecule has 1 aliphatic rings. The van der Waals surface area contributed by atoms with E-state index in [-0.39, 0.29) is 11.7 Å². The lowest BCUT2D eigenvalue weighted by atomic mass is 10.0. The van der Waals surface area contributed by atoms with E-state index >= 15 is 0 Å². The zero-order chi connectivity index (χ0) is 25.2. The second-order valence-corrected chi connectivity index (χ2v) is 9.88. The van der Waals surface area contributed by atoms with Crippen LogP contribution in [0.25, 0.3) is 11.4 Å². The number of fused-ring (bicyclic) bond motifs is 2. The average Bonchev–Trinajstić information content (AvgIpc) is 2.86. The molecule has 5 rings (SSSR count). The van der Waals surface area contributed by atoms with E-state index in [1.54, 1.807) is 7.11 Å². The van der Waals surface area contributed by atoms with E-state index in [0.29, 0.717) is 18.1 Å². The number of amides is 1. The van der Waals surface area contributed by atoms with Crippen molar-refractivity contribution in [1.82, 2.24) is 9.97 Å². The molecule has 4 aromatic rings. The van der Waals surface area contributed by atoms with Gasteiger partial charge in [0.25, 0.3) is 0 Å². The Morgan fingerprint density at radius 1 is 1.03 bits per heavy atom. The lowest BCUT2D eigenvalue weighted by Gasteiger charge is -2.23. The predicted octanol–water partition coefficient (Wildman–Crippen LogP) is 6.50. The minimum absolute atomic E-state index is 0.0867. The quantitative estimate of drug-likeness (QED) is 0.213. The molecule has 3 aromatic carbocycles. The van der Waals surface area contributed by atoms with Crippen LogP contribution in [0.1, 0.15) is 27.8 Å². The summed E-state index contributed by atoms with van der Waals surface area (Å²) in [5.41, 5.74) is 6.91. The number of carbonyl (C=O) groups excluding carboxylic acids is 1. The SMILES string of the molecule is COc1ccc(-c2nc3c(c(SCC(=O)Nc4cc(C)cc(C)c4)n2)Cc2cccc(C)c2O3)cc1. The Morgan fingerprint density at radius 3 is 2.50 bits per heavy atom. The van der Waals surface area contributed by atoms with E-state index in [4.69, 9.17) is 19.4 Å². The van der Waals surface area contributed by atoms with Gasteiger partial charge < -0.3 is 14.8 Å². The van der Waals surface area contributed by atoms with Gasteiger partial charge in [0.1, 0.15) is 16.5 Å². The highest BCUT2D eigenvalue weighted by Crippen LogP contribution is 2.41. The molecule has 0 saturated heterocycles. The van der Waals surface area contributed by atoms with Crippen LogP contribution in [0.4, 0.5) is 5.69 Å². The fraction of sp³-hybridized carbons (Fsp3) is 0.207. The Balaban J connectivity index is 1.45. The number of methoxy groups -OCH3 is 1. The largest absolute Gasteiger partial charge is 0.497 e. The first kappa shape index (κ1) is 23.9. The van der Waals surface area contributed by atoms with Crippen molar-refractivity contribution in [2.45, 2.75) is 32.2 Å². The molecule has 0 spiro atoms. The number of anilines is 1. The van der Waals surface area contributed by atoms with Gasteiger partial charge in [-0.2, -0.15) is 4.98 Å². The molecule has 0 bridgehead atoms. The van der Waals surface area contributed by atoms with Crippen molar-refractivity contribution in [3.63, 3.8) is 0 Å². The number of ether oxygens (including phenoxy) is 2. The van der Waals surface area contributed by atoms with Crippen LogP contribution in [0.15, 0.2) is 65.7 Å². The molecule has 1 amide bonds. The molecule has 182 valence electrons. The van der Waals surface area contributed by atoms with Crippen LogP contribution in [0, 0.1) is 20.8 Å². The lowest BCUT2D eigenvalue weighted by molar-refractivity contribution is -0.113. The number of para-hydroxylation sites is 1. The van der Waals surface area contributed by atoms with Crippen LogP contribution in [-0.2, 0) is 11.2 Å². The van der Waals surface area contributed by atoms with E-state index in [2.05, 4.69) is 17.4 Å². The third-order valence-corrected chi connectivity index (χ3v) is 7.00. The third-order valence-electron chi connectivity index (χ3n) is 5.98. The zero-order valence-corrected chi connectivity index (χ0v) is 21.5. The summed E-state index contributed by atoms with van der Waals surface area (Å²) in [6.07, 6.45) is 0.649. The van der Waals surface area contributed by atoms with Crippen molar-refractivity contribution in [3.05, 3.63) is 88.5 Å². The molecule has 6 nitrogen and oxygen atoms in total. The molecular weight excluding hydrogens is 470 g/mol. The maximum absolute atomic E-state index is 12.8. The van der Waals surface area contributed by atoms with Gasteiger partial charge in [-0.15, -0.1) is 0 Å². The third kappa shape index (κ3) is 5.06. The van der Waals surface area contributed by atoms with Crippen molar-refractivity contribution in [2.75, 3.05) is 18.2 Å². The lowest BCUT2D eigenvalue weighted by Crippen LogP contribution is -2.15. The summed E-state index contributed by atoms with van der Waals surface area (Å²) < 4.78 is 11.6. The topological polar surface area (TPSA) is 73.3 Å². The Morgan fingerprint density at radius 2 is 1.78 bits per heavy atom. The van der Waals surface area contributed by atoms with Gasteiger partial charge in [0.2, 0.25) is 11.8 Å². The standard InChI is InChI=1S/C29H27N3O3S/c1-17-12-18(2)14-22(13-17)30-25(33)16-36-29-24-15-21-7-5-6-19(3)26(21)35-28(24)31-27(32-29)20-8-10-23(34-4)11-9-20/h5-14H,15-16H2,1-4H3,(H,30,33). The molecule has 0 fully saturated rings. The summed E-state index contributed by atoms with van der Waals surface area (Å²) in [5, 5.41) is 3.75. The van der Waals surface area contributed by atoms with E-state index < -0.39 is 0 Å². The van der Waals surface area contributed by atoms with Crippen LogP contribution in [0.5, 0.6) is 17.4 Å². The first-order valence-electron chi connectivity index (χ1n) is 11.7. The molecule has 0 aliphatic carbocycles. The smallest absolute Gasteiger partial charge is 0.234 e. The van der Waals surface area contributed by atoms with Crippen LogP contribution < -0.4 is 14.8 Å². The number of benzene rings is 3. The van der Waals surface area contributed by atoms with Gasteiger partial charge in [-0.1, -0.05) is 36.0 Å². The Labute approximate surface area is 215 Å². The van der Waals surface area contributed by atoms with Crippen LogP contribution in [0.2, 0.25) is 0 Å². The normalized spacial score (nSPS) is 11.8. The molecular formula is C29H27N3O3S. The summed E-state index contributed by atoms with van der Waals surface area (Å²) in [6.45, 7) is 6.07. The van der Waals surface area contributed by atoms with E-state index in [1.165, 1.54) is 11.8 Å².